The first-order chi connectivity index (χ1) is 14.6. The molecule has 3 aromatic heterocycles. The molecule has 4 aromatic rings. The van der Waals surface area contributed by atoms with Crippen molar-refractivity contribution in [3.05, 3.63) is 60.4 Å². The molecule has 0 spiro atoms. The summed E-state index contributed by atoms with van der Waals surface area (Å²) in [6.07, 6.45) is 9.01. The van der Waals surface area contributed by atoms with Crippen molar-refractivity contribution in [1.82, 2.24) is 35.2 Å². The summed E-state index contributed by atoms with van der Waals surface area (Å²) in [5.74, 6) is 0.974. The van der Waals surface area contributed by atoms with E-state index >= 15 is 0 Å². The van der Waals surface area contributed by atoms with Crippen molar-refractivity contribution in [2.24, 2.45) is 7.05 Å². The van der Waals surface area contributed by atoms with Gasteiger partial charge in [-0.15, -0.1) is 0 Å². The number of aromatic amines is 1. The number of H-pyrrole nitrogens is 1. The van der Waals surface area contributed by atoms with Crippen molar-refractivity contribution in [2.45, 2.75) is 19.4 Å². The average molecular weight is 401 g/mol. The van der Waals surface area contributed by atoms with Crippen LogP contribution in [0, 0.1) is 11.3 Å². The van der Waals surface area contributed by atoms with Crippen molar-refractivity contribution in [2.75, 3.05) is 5.32 Å². The quantitative estimate of drug-likeness (QED) is 0.483. The number of nitrogens with zero attached hydrogens (tertiary/aromatic N) is 7. The first kappa shape index (κ1) is 19.1. The average Bonchev–Trinajstić information content (AvgIpc) is 3.40. The molecule has 0 saturated carbocycles. The van der Waals surface area contributed by atoms with Crippen LogP contribution in [0.25, 0.3) is 11.1 Å². The Morgan fingerprint density at radius 2 is 2.03 bits per heavy atom. The summed E-state index contributed by atoms with van der Waals surface area (Å²) in [4.78, 5) is 8.72. The highest BCUT2D eigenvalue weighted by molar-refractivity contribution is 5.66. The van der Waals surface area contributed by atoms with Gasteiger partial charge in [0.2, 0.25) is 5.95 Å². The predicted molar refractivity (Wildman–Crippen MR) is 109 cm³/mol. The minimum atomic E-state index is -0.181. The molecule has 0 unspecified atom stereocenters. The molecule has 0 saturated heterocycles. The van der Waals surface area contributed by atoms with Gasteiger partial charge >= 0.3 is 0 Å². The maximum Gasteiger partial charge on any atom is 0.227 e. The highest BCUT2D eigenvalue weighted by atomic mass is 16.5. The Hall–Kier alpha value is -4.26. The summed E-state index contributed by atoms with van der Waals surface area (Å²) in [5.41, 5.74) is 3.72. The third-order valence-corrected chi connectivity index (χ3v) is 4.34. The van der Waals surface area contributed by atoms with Gasteiger partial charge in [-0.2, -0.15) is 25.8 Å². The molecule has 30 heavy (non-hydrogen) atoms. The van der Waals surface area contributed by atoms with E-state index in [4.69, 9.17) is 4.74 Å². The minimum absolute atomic E-state index is 0.181. The van der Waals surface area contributed by atoms with Crippen LogP contribution < -0.4 is 10.1 Å². The van der Waals surface area contributed by atoms with E-state index in [0.717, 1.165) is 22.5 Å². The van der Waals surface area contributed by atoms with E-state index in [2.05, 4.69) is 41.9 Å². The lowest BCUT2D eigenvalue weighted by atomic mass is 10.1. The highest BCUT2D eigenvalue weighted by Gasteiger charge is 2.13. The van der Waals surface area contributed by atoms with Gasteiger partial charge in [0.15, 0.2) is 0 Å². The summed E-state index contributed by atoms with van der Waals surface area (Å²) in [5, 5.41) is 27.0. The van der Waals surface area contributed by atoms with E-state index in [1.807, 2.05) is 32.3 Å². The number of ether oxygens (including phenoxy) is 1. The Bertz CT molecular complexity index is 1160. The molecule has 1 aromatic carbocycles. The zero-order valence-electron chi connectivity index (χ0n) is 16.4. The van der Waals surface area contributed by atoms with Gasteiger partial charge in [-0.1, -0.05) is 6.07 Å². The van der Waals surface area contributed by atoms with Crippen LogP contribution in [0.3, 0.4) is 0 Å². The molecule has 2 N–H and O–H groups in total. The zero-order valence-corrected chi connectivity index (χ0v) is 16.4. The molecule has 0 amide bonds. The maximum absolute atomic E-state index is 9.43. The number of aromatic nitrogens is 7. The lowest BCUT2D eigenvalue weighted by Gasteiger charge is -2.15. The Morgan fingerprint density at radius 3 is 2.70 bits per heavy atom. The lowest BCUT2D eigenvalue weighted by Crippen LogP contribution is -2.16. The summed E-state index contributed by atoms with van der Waals surface area (Å²) in [6, 6.07) is 7.57. The van der Waals surface area contributed by atoms with E-state index in [1.165, 1.54) is 0 Å². The number of aryl methyl sites for hydroxylation is 1. The molecule has 3 heterocycles. The molecule has 0 aliphatic heterocycles. The van der Waals surface area contributed by atoms with Gasteiger partial charge in [-0.25, -0.2) is 9.97 Å². The number of benzene rings is 1. The SMILES string of the molecule is C[C@@H](Cc1cn[nH]n1)Oc1cc(-c2cnc(Nc3cnn(C)c3)nc2)ccc1C#N. The Kier molecular flexibility index (Phi) is 5.34. The summed E-state index contributed by atoms with van der Waals surface area (Å²) in [7, 11) is 1.84. The standard InChI is InChI=1S/C20H19N9O/c1-13(5-17-10-24-28-27-17)30-19-6-14(3-4-15(19)7-21)16-8-22-20(23-9-16)26-18-11-25-29(2)12-18/h3-4,6,8-13H,5H2,1-2H3,(H,22,23,26)(H,24,27,28)/t13-/m0/s1. The van der Waals surface area contributed by atoms with Gasteiger partial charge in [0.05, 0.1) is 29.3 Å². The molecular formula is C20H19N9O. The first-order valence-electron chi connectivity index (χ1n) is 9.24. The van der Waals surface area contributed by atoms with Gasteiger partial charge < -0.3 is 10.1 Å². The van der Waals surface area contributed by atoms with Crippen LogP contribution in [0.1, 0.15) is 18.2 Å². The predicted octanol–water partition coefficient (Wildman–Crippen LogP) is 2.62. The van der Waals surface area contributed by atoms with Gasteiger partial charge in [0, 0.05) is 37.6 Å². The molecule has 0 bridgehead atoms. The molecular weight excluding hydrogens is 382 g/mol. The second-order valence-corrected chi connectivity index (χ2v) is 6.74. The molecule has 4 rings (SSSR count). The van der Waals surface area contributed by atoms with Crippen molar-refractivity contribution in [3.8, 4) is 22.9 Å². The lowest BCUT2D eigenvalue weighted by molar-refractivity contribution is 0.220. The molecule has 0 fully saturated rings. The summed E-state index contributed by atoms with van der Waals surface area (Å²) in [6.45, 7) is 1.92. The molecule has 10 nitrogen and oxygen atoms in total. The fraction of sp³-hybridized carbons (Fsp3) is 0.200. The Labute approximate surface area is 172 Å². The van der Waals surface area contributed by atoms with Crippen LogP contribution in [-0.2, 0) is 13.5 Å². The molecule has 0 radical (unpaired) electrons. The van der Waals surface area contributed by atoms with Crippen molar-refractivity contribution in [3.63, 3.8) is 0 Å². The minimum Gasteiger partial charge on any atom is -0.489 e. The van der Waals surface area contributed by atoms with Crippen LogP contribution in [-0.4, -0.2) is 41.3 Å². The van der Waals surface area contributed by atoms with E-state index in [1.54, 1.807) is 35.5 Å². The molecule has 0 aliphatic rings. The number of hydrogen-bond donors (Lipinski definition) is 2. The second-order valence-electron chi connectivity index (χ2n) is 6.74. The Morgan fingerprint density at radius 1 is 1.20 bits per heavy atom. The molecule has 150 valence electrons. The fourth-order valence-corrected chi connectivity index (χ4v) is 2.92. The zero-order chi connectivity index (χ0) is 20.9. The van der Waals surface area contributed by atoms with E-state index in [-0.39, 0.29) is 6.10 Å². The topological polar surface area (TPSA) is 130 Å². The fourth-order valence-electron chi connectivity index (χ4n) is 2.92. The smallest absolute Gasteiger partial charge is 0.227 e. The second kappa shape index (κ2) is 8.40. The summed E-state index contributed by atoms with van der Waals surface area (Å²) >= 11 is 0. The van der Waals surface area contributed by atoms with Crippen LogP contribution >= 0.6 is 0 Å². The highest BCUT2D eigenvalue weighted by Crippen LogP contribution is 2.28. The van der Waals surface area contributed by atoms with Crippen LogP contribution in [0.15, 0.2) is 49.2 Å². The monoisotopic (exact) mass is 401 g/mol. The number of hydrogen-bond acceptors (Lipinski definition) is 8. The first-order valence-corrected chi connectivity index (χ1v) is 9.24. The van der Waals surface area contributed by atoms with Crippen molar-refractivity contribution in [1.29, 1.82) is 5.26 Å². The third-order valence-electron chi connectivity index (χ3n) is 4.34. The van der Waals surface area contributed by atoms with Crippen LogP contribution in [0.5, 0.6) is 5.75 Å². The largest absolute Gasteiger partial charge is 0.489 e. The van der Waals surface area contributed by atoms with Gasteiger partial charge in [-0.05, 0) is 24.6 Å². The normalized spacial score (nSPS) is 11.6. The van der Waals surface area contributed by atoms with Gasteiger partial charge in [-0.3, -0.25) is 4.68 Å². The van der Waals surface area contributed by atoms with Crippen molar-refractivity contribution < 1.29 is 4.74 Å². The maximum atomic E-state index is 9.43. The summed E-state index contributed by atoms with van der Waals surface area (Å²) < 4.78 is 7.70. The molecule has 0 aliphatic carbocycles. The van der Waals surface area contributed by atoms with E-state index in [9.17, 15) is 5.26 Å². The Balaban J connectivity index is 1.51. The van der Waals surface area contributed by atoms with E-state index < -0.39 is 0 Å². The van der Waals surface area contributed by atoms with E-state index in [0.29, 0.717) is 23.7 Å². The number of rotatable bonds is 7. The van der Waals surface area contributed by atoms with Gasteiger partial charge in [0.25, 0.3) is 0 Å². The van der Waals surface area contributed by atoms with Crippen LogP contribution in [0.4, 0.5) is 11.6 Å². The number of anilines is 2. The van der Waals surface area contributed by atoms with Crippen molar-refractivity contribution >= 4 is 11.6 Å². The number of nitrogens with one attached hydrogen (secondary N) is 2. The number of nitriles is 1. The van der Waals surface area contributed by atoms with Crippen LogP contribution in [0.2, 0.25) is 0 Å². The molecule has 1 atom stereocenters. The van der Waals surface area contributed by atoms with Gasteiger partial charge in [0.1, 0.15) is 17.9 Å². The molecule has 10 heteroatoms. The third kappa shape index (κ3) is 4.41.